The first-order chi connectivity index (χ1) is 6.15. The maximum Gasteiger partial charge on any atom is 0.179 e. The van der Waals surface area contributed by atoms with E-state index in [1.807, 2.05) is 0 Å². The van der Waals surface area contributed by atoms with E-state index in [9.17, 15) is 4.79 Å². The van der Waals surface area contributed by atoms with Gasteiger partial charge in [-0.3, -0.25) is 4.79 Å². The van der Waals surface area contributed by atoms with Gasteiger partial charge in [0.25, 0.3) is 0 Å². The molecule has 0 amide bonds. The highest BCUT2D eigenvalue weighted by molar-refractivity contribution is 9.10. The zero-order valence-electron chi connectivity index (χ0n) is 7.84. The molecule has 0 spiro atoms. The molecular formula is C10H13BrO2. The Hall–Kier alpha value is -0.570. The van der Waals surface area contributed by atoms with Crippen LogP contribution >= 0.6 is 15.9 Å². The third-order valence-corrected chi connectivity index (χ3v) is 2.76. The Balaban J connectivity index is 2.64. The second kappa shape index (κ2) is 4.61. The lowest BCUT2D eigenvalue weighted by Crippen LogP contribution is -2.04. The molecule has 2 nitrogen and oxygen atoms in total. The molecule has 0 radical (unpaired) electrons. The fraction of sp³-hybridized carbons (Fsp3) is 0.500. The Kier molecular flexibility index (Phi) is 3.72. The predicted octanol–water partition coefficient (Wildman–Crippen LogP) is 3.66. The van der Waals surface area contributed by atoms with Crippen LogP contribution in [0.2, 0.25) is 0 Å². The normalized spacial score (nSPS) is 12.8. The first kappa shape index (κ1) is 10.5. The van der Waals surface area contributed by atoms with Crippen molar-refractivity contribution in [2.24, 2.45) is 5.92 Å². The monoisotopic (exact) mass is 244 g/mol. The summed E-state index contributed by atoms with van der Waals surface area (Å²) in [7, 11) is 0. The summed E-state index contributed by atoms with van der Waals surface area (Å²) in [6.45, 7) is 4.16. The third kappa shape index (κ3) is 2.69. The summed E-state index contributed by atoms with van der Waals surface area (Å²) in [5, 5.41) is 0. The minimum absolute atomic E-state index is 0.148. The molecule has 1 unspecified atom stereocenters. The van der Waals surface area contributed by atoms with Gasteiger partial charge in [0, 0.05) is 6.42 Å². The van der Waals surface area contributed by atoms with Gasteiger partial charge in [0.1, 0.15) is 0 Å². The molecule has 0 aromatic carbocycles. The molecule has 1 aromatic rings. The fourth-order valence-electron chi connectivity index (χ4n) is 1.06. The molecule has 0 aliphatic rings. The lowest BCUT2D eigenvalue weighted by atomic mass is 9.99. The average Bonchev–Trinajstić information content (AvgIpc) is 2.51. The van der Waals surface area contributed by atoms with Crippen molar-refractivity contribution >= 4 is 21.7 Å². The van der Waals surface area contributed by atoms with Gasteiger partial charge in [0.15, 0.2) is 10.5 Å². The average molecular weight is 245 g/mol. The van der Waals surface area contributed by atoms with E-state index in [0.717, 1.165) is 6.42 Å². The summed E-state index contributed by atoms with van der Waals surface area (Å²) < 4.78 is 5.54. The Morgan fingerprint density at radius 2 is 2.38 bits per heavy atom. The van der Waals surface area contributed by atoms with Gasteiger partial charge < -0.3 is 4.42 Å². The fourth-order valence-corrected chi connectivity index (χ4v) is 1.53. The van der Waals surface area contributed by atoms with Crippen LogP contribution in [0.1, 0.15) is 37.0 Å². The van der Waals surface area contributed by atoms with E-state index in [1.54, 1.807) is 6.07 Å². The quantitative estimate of drug-likeness (QED) is 0.757. The van der Waals surface area contributed by atoms with Gasteiger partial charge in [0.05, 0.1) is 11.8 Å². The molecular weight excluding hydrogens is 232 g/mol. The molecule has 0 aliphatic carbocycles. The molecule has 1 rings (SSSR count). The predicted molar refractivity (Wildman–Crippen MR) is 54.8 cm³/mol. The summed E-state index contributed by atoms with van der Waals surface area (Å²) in [5.41, 5.74) is 0.653. The summed E-state index contributed by atoms with van der Waals surface area (Å²) in [5.74, 6) is 0.587. The SMILES string of the molecule is CCC(C)CC(=O)c1ccoc1Br. The van der Waals surface area contributed by atoms with Crippen LogP contribution in [0.5, 0.6) is 0 Å². The van der Waals surface area contributed by atoms with Gasteiger partial charge in [-0.15, -0.1) is 0 Å². The maximum atomic E-state index is 11.6. The van der Waals surface area contributed by atoms with Crippen molar-refractivity contribution < 1.29 is 9.21 Å². The summed E-state index contributed by atoms with van der Waals surface area (Å²) in [4.78, 5) is 11.6. The number of furan rings is 1. The number of ketones is 1. The van der Waals surface area contributed by atoms with Gasteiger partial charge in [0.2, 0.25) is 0 Å². The zero-order valence-corrected chi connectivity index (χ0v) is 9.43. The lowest BCUT2D eigenvalue weighted by molar-refractivity contribution is 0.0962. The zero-order chi connectivity index (χ0) is 9.84. The van der Waals surface area contributed by atoms with Gasteiger partial charge >= 0.3 is 0 Å². The van der Waals surface area contributed by atoms with Crippen molar-refractivity contribution in [2.75, 3.05) is 0 Å². The van der Waals surface area contributed by atoms with Crippen LogP contribution in [-0.4, -0.2) is 5.78 Å². The second-order valence-electron chi connectivity index (χ2n) is 3.25. The van der Waals surface area contributed by atoms with Gasteiger partial charge in [-0.2, -0.15) is 0 Å². The lowest BCUT2D eigenvalue weighted by Gasteiger charge is -2.05. The first-order valence-corrected chi connectivity index (χ1v) is 5.20. The highest BCUT2D eigenvalue weighted by Gasteiger charge is 2.14. The molecule has 0 saturated heterocycles. The standard InChI is InChI=1S/C10H13BrO2/c1-3-7(2)6-9(12)8-4-5-13-10(8)11/h4-5,7H,3,6H2,1-2H3. The number of rotatable bonds is 4. The van der Waals surface area contributed by atoms with Crippen LogP contribution in [0, 0.1) is 5.92 Å². The Morgan fingerprint density at radius 3 is 2.85 bits per heavy atom. The van der Waals surface area contributed by atoms with Crippen molar-refractivity contribution in [1.29, 1.82) is 0 Å². The van der Waals surface area contributed by atoms with Crippen molar-refractivity contribution in [2.45, 2.75) is 26.7 Å². The maximum absolute atomic E-state index is 11.6. The molecule has 0 bridgehead atoms. The van der Waals surface area contributed by atoms with Crippen molar-refractivity contribution in [3.05, 3.63) is 22.6 Å². The minimum Gasteiger partial charge on any atom is -0.457 e. The third-order valence-electron chi connectivity index (χ3n) is 2.15. The Morgan fingerprint density at radius 1 is 1.69 bits per heavy atom. The van der Waals surface area contributed by atoms with E-state index < -0.39 is 0 Å². The van der Waals surface area contributed by atoms with Crippen LogP contribution in [-0.2, 0) is 0 Å². The van der Waals surface area contributed by atoms with E-state index in [-0.39, 0.29) is 5.78 Å². The molecule has 72 valence electrons. The Labute approximate surface area is 86.4 Å². The number of hydrogen-bond acceptors (Lipinski definition) is 2. The molecule has 0 aliphatic heterocycles. The van der Waals surface area contributed by atoms with E-state index in [2.05, 4.69) is 29.8 Å². The van der Waals surface area contributed by atoms with E-state index in [1.165, 1.54) is 6.26 Å². The smallest absolute Gasteiger partial charge is 0.179 e. The summed E-state index contributed by atoms with van der Waals surface area (Å²) >= 11 is 3.19. The minimum atomic E-state index is 0.148. The Bertz CT molecular complexity index is 291. The van der Waals surface area contributed by atoms with Crippen LogP contribution in [0.3, 0.4) is 0 Å². The highest BCUT2D eigenvalue weighted by atomic mass is 79.9. The van der Waals surface area contributed by atoms with Crippen LogP contribution in [0.25, 0.3) is 0 Å². The number of Topliss-reactive ketones (excluding diaryl/α,β-unsaturated/α-hetero) is 1. The number of hydrogen-bond donors (Lipinski definition) is 0. The highest BCUT2D eigenvalue weighted by Crippen LogP contribution is 2.21. The van der Waals surface area contributed by atoms with E-state index in [0.29, 0.717) is 22.6 Å². The number of carbonyl (C=O) groups excluding carboxylic acids is 1. The molecule has 0 N–H and O–H groups in total. The molecule has 1 heterocycles. The molecule has 1 atom stereocenters. The van der Waals surface area contributed by atoms with Gasteiger partial charge in [-0.05, 0) is 27.9 Å². The van der Waals surface area contributed by atoms with Crippen molar-refractivity contribution in [3.8, 4) is 0 Å². The molecule has 1 aromatic heterocycles. The number of halogens is 1. The molecule has 13 heavy (non-hydrogen) atoms. The number of carbonyl (C=O) groups is 1. The largest absolute Gasteiger partial charge is 0.457 e. The second-order valence-corrected chi connectivity index (χ2v) is 3.97. The molecule has 0 fully saturated rings. The van der Waals surface area contributed by atoms with Crippen molar-refractivity contribution in [1.82, 2.24) is 0 Å². The van der Waals surface area contributed by atoms with E-state index in [4.69, 9.17) is 4.42 Å². The van der Waals surface area contributed by atoms with Crippen LogP contribution in [0.4, 0.5) is 0 Å². The van der Waals surface area contributed by atoms with Crippen molar-refractivity contribution in [3.63, 3.8) is 0 Å². The molecule has 3 heteroatoms. The topological polar surface area (TPSA) is 30.2 Å². The van der Waals surface area contributed by atoms with Crippen LogP contribution < -0.4 is 0 Å². The summed E-state index contributed by atoms with van der Waals surface area (Å²) in [6.07, 6.45) is 3.14. The van der Waals surface area contributed by atoms with E-state index >= 15 is 0 Å². The first-order valence-electron chi connectivity index (χ1n) is 4.41. The molecule has 0 saturated carbocycles. The van der Waals surface area contributed by atoms with Gasteiger partial charge in [-0.25, -0.2) is 0 Å². The van der Waals surface area contributed by atoms with Crippen LogP contribution in [0.15, 0.2) is 21.4 Å². The van der Waals surface area contributed by atoms with Gasteiger partial charge in [-0.1, -0.05) is 20.3 Å². The summed E-state index contributed by atoms with van der Waals surface area (Å²) in [6, 6.07) is 1.70.